The molecular formula is C9H17N3O5S. The highest BCUT2D eigenvalue weighted by molar-refractivity contribution is 8.00. The number of imide groups is 1. The van der Waals surface area contributed by atoms with Crippen LogP contribution >= 0.6 is 11.8 Å². The monoisotopic (exact) mass is 279 g/mol. The Labute approximate surface area is 109 Å². The second-order valence-electron chi connectivity index (χ2n) is 3.26. The minimum atomic E-state index is -1.12. The van der Waals surface area contributed by atoms with Crippen LogP contribution in [0.5, 0.6) is 0 Å². The predicted octanol–water partition coefficient (Wildman–Crippen LogP) is -1.40. The van der Waals surface area contributed by atoms with Gasteiger partial charge in [-0.15, -0.1) is 11.8 Å². The first kappa shape index (κ1) is 16.7. The highest BCUT2D eigenvalue weighted by Crippen LogP contribution is 2.01. The summed E-state index contributed by atoms with van der Waals surface area (Å²) in [5.41, 5.74) is 5.24. The fourth-order valence-corrected chi connectivity index (χ4v) is 1.60. The number of carboxylic acids is 1. The molecule has 0 rings (SSSR count). The molecule has 0 bridgehead atoms. The maximum Gasteiger partial charge on any atom is 0.321 e. The Morgan fingerprint density at radius 3 is 2.67 bits per heavy atom. The molecule has 0 aliphatic carbocycles. The number of nitrogens with one attached hydrogen (secondary N) is 2. The van der Waals surface area contributed by atoms with E-state index in [2.05, 4.69) is 10.6 Å². The summed E-state index contributed by atoms with van der Waals surface area (Å²) in [5.74, 6) is -1.56. The number of rotatable bonds is 8. The molecule has 5 N–H and O–H groups in total. The zero-order valence-electron chi connectivity index (χ0n) is 9.97. The minimum absolute atomic E-state index is 0.0291. The molecule has 0 aromatic rings. The number of ether oxygens (including phenoxy) is 1. The third kappa shape index (κ3) is 8.79. The molecule has 0 fully saturated rings. The van der Waals surface area contributed by atoms with E-state index in [0.717, 1.165) is 11.8 Å². The molecule has 104 valence electrons. The summed E-state index contributed by atoms with van der Waals surface area (Å²) < 4.78 is 4.71. The summed E-state index contributed by atoms with van der Waals surface area (Å²) in [5, 5.41) is 13.0. The Kier molecular flexibility index (Phi) is 8.97. The van der Waals surface area contributed by atoms with Gasteiger partial charge in [0.05, 0.1) is 12.4 Å². The Bertz CT molecular complexity index is 300. The van der Waals surface area contributed by atoms with Gasteiger partial charge < -0.3 is 20.9 Å². The highest BCUT2D eigenvalue weighted by Gasteiger charge is 2.13. The van der Waals surface area contributed by atoms with E-state index in [4.69, 9.17) is 15.6 Å². The van der Waals surface area contributed by atoms with Crippen LogP contribution in [-0.4, -0.2) is 60.8 Å². The molecule has 0 unspecified atom stereocenters. The highest BCUT2D eigenvalue weighted by atomic mass is 32.2. The van der Waals surface area contributed by atoms with Crippen molar-refractivity contribution >= 4 is 29.7 Å². The second kappa shape index (κ2) is 9.68. The second-order valence-corrected chi connectivity index (χ2v) is 4.29. The lowest BCUT2D eigenvalue weighted by Gasteiger charge is -2.07. The number of carboxylic acid groups (broad SMARTS) is 1. The maximum atomic E-state index is 11.2. The number of hydrogen-bond donors (Lipinski definition) is 4. The molecule has 0 aromatic carbocycles. The van der Waals surface area contributed by atoms with Crippen molar-refractivity contribution < 1.29 is 24.2 Å². The molecule has 0 radical (unpaired) electrons. The van der Waals surface area contributed by atoms with Gasteiger partial charge in [-0.25, -0.2) is 4.79 Å². The Morgan fingerprint density at radius 1 is 1.44 bits per heavy atom. The fraction of sp³-hybridized carbons (Fsp3) is 0.667. The zero-order chi connectivity index (χ0) is 14.0. The van der Waals surface area contributed by atoms with Crippen LogP contribution in [0.15, 0.2) is 0 Å². The van der Waals surface area contributed by atoms with Crippen LogP contribution in [0.1, 0.15) is 0 Å². The first-order valence-electron chi connectivity index (χ1n) is 5.10. The van der Waals surface area contributed by atoms with Crippen molar-refractivity contribution in [3.05, 3.63) is 0 Å². The molecule has 0 aliphatic rings. The molecular weight excluding hydrogens is 262 g/mol. The average Bonchev–Trinajstić information content (AvgIpc) is 2.28. The number of methoxy groups -OCH3 is 1. The van der Waals surface area contributed by atoms with Gasteiger partial charge in [0.1, 0.15) is 6.04 Å². The predicted molar refractivity (Wildman–Crippen MR) is 66.4 cm³/mol. The third-order valence-corrected chi connectivity index (χ3v) is 2.75. The standard InChI is InChI=1S/C9H17N3O5S/c1-17-3-2-11-9(16)12-7(13)5-18-4-6(10)8(14)15/h6H,2-5,10H2,1H3,(H,14,15)(H2,11,12,13,16)/t6-/m1/s1. The van der Waals surface area contributed by atoms with E-state index >= 15 is 0 Å². The van der Waals surface area contributed by atoms with Crippen LogP contribution in [0, 0.1) is 0 Å². The number of carbonyl (C=O) groups excluding carboxylic acids is 2. The van der Waals surface area contributed by atoms with Crippen molar-refractivity contribution in [2.24, 2.45) is 5.73 Å². The van der Waals surface area contributed by atoms with E-state index in [1.807, 2.05) is 0 Å². The van der Waals surface area contributed by atoms with Crippen molar-refractivity contribution in [1.82, 2.24) is 10.6 Å². The summed E-state index contributed by atoms with van der Waals surface area (Å²) in [6.45, 7) is 0.649. The van der Waals surface area contributed by atoms with Crippen molar-refractivity contribution in [2.45, 2.75) is 6.04 Å². The van der Waals surface area contributed by atoms with Gasteiger partial charge in [-0.05, 0) is 0 Å². The van der Waals surface area contributed by atoms with Crippen molar-refractivity contribution in [1.29, 1.82) is 0 Å². The van der Waals surface area contributed by atoms with Gasteiger partial charge in [-0.2, -0.15) is 0 Å². The van der Waals surface area contributed by atoms with E-state index in [1.165, 1.54) is 7.11 Å². The maximum absolute atomic E-state index is 11.2. The quantitative estimate of drug-likeness (QED) is 0.402. The SMILES string of the molecule is COCCNC(=O)NC(=O)CSC[C@@H](N)C(=O)O. The number of thioether (sulfide) groups is 1. The van der Waals surface area contributed by atoms with Gasteiger partial charge in [-0.3, -0.25) is 14.9 Å². The fourth-order valence-electron chi connectivity index (χ4n) is 0.823. The summed E-state index contributed by atoms with van der Waals surface area (Å²) in [7, 11) is 1.49. The summed E-state index contributed by atoms with van der Waals surface area (Å²) >= 11 is 1.05. The number of hydrogen-bond acceptors (Lipinski definition) is 6. The first-order chi connectivity index (χ1) is 8.47. The van der Waals surface area contributed by atoms with E-state index in [9.17, 15) is 14.4 Å². The van der Waals surface area contributed by atoms with Gasteiger partial charge in [0.15, 0.2) is 0 Å². The summed E-state index contributed by atoms with van der Waals surface area (Å²) in [6.07, 6.45) is 0. The Balaban J connectivity index is 3.64. The number of nitrogens with two attached hydrogens (primary N) is 1. The Hall–Kier alpha value is -1.32. The normalized spacial score (nSPS) is 11.7. The molecule has 0 saturated heterocycles. The summed E-state index contributed by atoms with van der Waals surface area (Å²) in [6, 6.07) is -1.63. The van der Waals surface area contributed by atoms with Crippen molar-refractivity contribution in [3.8, 4) is 0 Å². The smallest absolute Gasteiger partial charge is 0.321 e. The van der Waals surface area contributed by atoms with Gasteiger partial charge >= 0.3 is 12.0 Å². The molecule has 0 aliphatic heterocycles. The average molecular weight is 279 g/mol. The number of urea groups is 1. The van der Waals surface area contributed by atoms with Gasteiger partial charge in [-0.1, -0.05) is 0 Å². The number of aliphatic carboxylic acids is 1. The lowest BCUT2D eigenvalue weighted by atomic mass is 10.4. The molecule has 1 atom stereocenters. The third-order valence-electron chi connectivity index (χ3n) is 1.69. The number of carbonyl (C=O) groups is 3. The van der Waals surface area contributed by atoms with Crippen LogP contribution in [0.3, 0.4) is 0 Å². The largest absolute Gasteiger partial charge is 0.480 e. The first-order valence-corrected chi connectivity index (χ1v) is 6.25. The molecule has 18 heavy (non-hydrogen) atoms. The topological polar surface area (TPSA) is 131 Å². The molecule has 0 aromatic heterocycles. The van der Waals surface area contributed by atoms with Crippen molar-refractivity contribution in [3.63, 3.8) is 0 Å². The van der Waals surface area contributed by atoms with E-state index < -0.39 is 23.9 Å². The van der Waals surface area contributed by atoms with Crippen LogP contribution in [0.4, 0.5) is 4.79 Å². The van der Waals surface area contributed by atoms with Crippen LogP contribution in [-0.2, 0) is 14.3 Å². The molecule has 8 nitrogen and oxygen atoms in total. The molecule has 3 amide bonds. The number of amides is 3. The van der Waals surface area contributed by atoms with Crippen LogP contribution < -0.4 is 16.4 Å². The zero-order valence-corrected chi connectivity index (χ0v) is 10.8. The van der Waals surface area contributed by atoms with Crippen LogP contribution in [0.25, 0.3) is 0 Å². The van der Waals surface area contributed by atoms with E-state index in [-0.39, 0.29) is 11.5 Å². The molecule has 0 spiro atoms. The molecule has 0 saturated carbocycles. The van der Waals surface area contributed by atoms with Crippen molar-refractivity contribution in [2.75, 3.05) is 31.8 Å². The summed E-state index contributed by atoms with van der Waals surface area (Å²) in [4.78, 5) is 32.7. The lowest BCUT2D eigenvalue weighted by molar-refractivity contribution is -0.138. The van der Waals surface area contributed by atoms with Gasteiger partial charge in [0, 0.05) is 19.4 Å². The molecule has 9 heteroatoms. The van der Waals surface area contributed by atoms with Gasteiger partial charge in [0.2, 0.25) is 5.91 Å². The minimum Gasteiger partial charge on any atom is -0.480 e. The van der Waals surface area contributed by atoms with Gasteiger partial charge in [0.25, 0.3) is 0 Å². The molecule has 0 heterocycles. The Morgan fingerprint density at radius 2 is 2.11 bits per heavy atom. The van der Waals surface area contributed by atoms with Crippen LogP contribution in [0.2, 0.25) is 0 Å². The lowest BCUT2D eigenvalue weighted by Crippen LogP contribution is -2.41. The van der Waals surface area contributed by atoms with E-state index in [0.29, 0.717) is 13.2 Å². The van der Waals surface area contributed by atoms with E-state index in [1.54, 1.807) is 0 Å².